The Morgan fingerprint density at radius 2 is 2.12 bits per heavy atom. The van der Waals surface area contributed by atoms with Crippen LogP contribution in [-0.4, -0.2) is 35.7 Å². The molecule has 0 radical (unpaired) electrons. The molecule has 4 heteroatoms. The Balaban J connectivity index is 2.20. The van der Waals surface area contributed by atoms with Crippen LogP contribution in [0, 0.1) is 0 Å². The number of thioether (sulfide) groups is 1. The van der Waals surface area contributed by atoms with Crippen LogP contribution in [0.5, 0.6) is 0 Å². The molecule has 0 bridgehead atoms. The topological polar surface area (TPSA) is 38.3 Å². The van der Waals surface area contributed by atoms with Gasteiger partial charge in [0.15, 0.2) is 0 Å². The molecule has 1 saturated carbocycles. The molecule has 1 N–H and O–H groups in total. The summed E-state index contributed by atoms with van der Waals surface area (Å²) >= 11 is 1.90. The second-order valence-corrected chi connectivity index (χ2v) is 6.47. The maximum Gasteiger partial charge on any atom is 0.246 e. The van der Waals surface area contributed by atoms with Crippen LogP contribution in [0.15, 0.2) is 0 Å². The third-order valence-corrected chi connectivity index (χ3v) is 3.81. The zero-order chi connectivity index (χ0) is 12.2. The minimum atomic E-state index is -0.241. The van der Waals surface area contributed by atoms with E-state index in [-0.39, 0.29) is 18.1 Å². The first kappa shape index (κ1) is 13.8. The Labute approximate surface area is 103 Å². The maximum atomic E-state index is 11.6. The zero-order valence-corrected chi connectivity index (χ0v) is 11.5. The normalized spacial score (nSPS) is 25.8. The van der Waals surface area contributed by atoms with Gasteiger partial charge < -0.3 is 10.1 Å². The SMILES string of the molecule is CSC1CCC(NC(=O)COC(C)(C)C)C1. The zero-order valence-electron chi connectivity index (χ0n) is 10.7. The maximum absolute atomic E-state index is 11.6. The van der Waals surface area contributed by atoms with Crippen molar-refractivity contribution < 1.29 is 9.53 Å². The molecule has 0 aliphatic heterocycles. The Bertz CT molecular complexity index is 238. The van der Waals surface area contributed by atoms with Gasteiger partial charge in [-0.1, -0.05) is 0 Å². The number of ether oxygens (including phenoxy) is 1. The number of nitrogens with one attached hydrogen (secondary N) is 1. The summed E-state index contributed by atoms with van der Waals surface area (Å²) in [7, 11) is 0. The number of hydrogen-bond acceptors (Lipinski definition) is 3. The van der Waals surface area contributed by atoms with Crippen LogP contribution in [0.2, 0.25) is 0 Å². The van der Waals surface area contributed by atoms with Gasteiger partial charge in [-0.05, 0) is 46.3 Å². The van der Waals surface area contributed by atoms with Crippen molar-refractivity contribution in [3.63, 3.8) is 0 Å². The van der Waals surface area contributed by atoms with Crippen LogP contribution in [0.25, 0.3) is 0 Å². The Hall–Kier alpha value is -0.220. The van der Waals surface area contributed by atoms with Crippen LogP contribution in [0.3, 0.4) is 0 Å². The Morgan fingerprint density at radius 1 is 1.44 bits per heavy atom. The summed E-state index contributed by atoms with van der Waals surface area (Å²) in [6, 6.07) is 0.355. The smallest absolute Gasteiger partial charge is 0.246 e. The van der Waals surface area contributed by atoms with Gasteiger partial charge in [0.05, 0.1) is 5.60 Å². The summed E-state index contributed by atoms with van der Waals surface area (Å²) in [6.45, 7) is 6.04. The minimum Gasteiger partial charge on any atom is -0.366 e. The first-order chi connectivity index (χ1) is 7.40. The largest absolute Gasteiger partial charge is 0.366 e. The molecule has 94 valence electrons. The van der Waals surface area contributed by atoms with Gasteiger partial charge in [0.1, 0.15) is 6.61 Å². The van der Waals surface area contributed by atoms with E-state index in [1.807, 2.05) is 32.5 Å². The van der Waals surface area contributed by atoms with Gasteiger partial charge in [-0.15, -0.1) is 0 Å². The highest BCUT2D eigenvalue weighted by Gasteiger charge is 2.25. The van der Waals surface area contributed by atoms with Crippen LogP contribution in [-0.2, 0) is 9.53 Å². The van der Waals surface area contributed by atoms with E-state index in [1.165, 1.54) is 6.42 Å². The van der Waals surface area contributed by atoms with Crippen molar-refractivity contribution in [1.29, 1.82) is 0 Å². The fourth-order valence-corrected chi connectivity index (χ4v) is 2.63. The fraction of sp³-hybridized carbons (Fsp3) is 0.917. The van der Waals surface area contributed by atoms with E-state index in [0.29, 0.717) is 11.3 Å². The molecule has 16 heavy (non-hydrogen) atoms. The minimum absolute atomic E-state index is 0.0154. The molecule has 0 heterocycles. The first-order valence-electron chi connectivity index (χ1n) is 5.87. The summed E-state index contributed by atoms with van der Waals surface area (Å²) in [5.74, 6) is 0.0154. The van der Waals surface area contributed by atoms with E-state index < -0.39 is 0 Å². The van der Waals surface area contributed by atoms with Gasteiger partial charge in [0.25, 0.3) is 0 Å². The molecule has 0 aromatic rings. The van der Waals surface area contributed by atoms with E-state index in [1.54, 1.807) is 0 Å². The van der Waals surface area contributed by atoms with E-state index in [4.69, 9.17) is 4.74 Å². The van der Waals surface area contributed by atoms with Gasteiger partial charge in [-0.3, -0.25) is 4.79 Å². The van der Waals surface area contributed by atoms with Crippen molar-refractivity contribution in [3.8, 4) is 0 Å². The summed E-state index contributed by atoms with van der Waals surface area (Å²) in [5, 5.41) is 3.75. The number of rotatable bonds is 4. The highest BCUT2D eigenvalue weighted by atomic mass is 32.2. The molecule has 1 aliphatic carbocycles. The van der Waals surface area contributed by atoms with Crippen molar-refractivity contribution in [2.45, 2.75) is 56.9 Å². The number of amides is 1. The summed E-state index contributed by atoms with van der Waals surface area (Å²) in [5.41, 5.74) is -0.241. The highest BCUT2D eigenvalue weighted by molar-refractivity contribution is 7.99. The van der Waals surface area contributed by atoms with Crippen LogP contribution < -0.4 is 5.32 Å². The third-order valence-electron chi connectivity index (χ3n) is 2.72. The van der Waals surface area contributed by atoms with Crippen molar-refractivity contribution in [2.24, 2.45) is 0 Å². The van der Waals surface area contributed by atoms with Gasteiger partial charge in [-0.2, -0.15) is 11.8 Å². The number of carbonyl (C=O) groups is 1. The van der Waals surface area contributed by atoms with Crippen LogP contribution in [0.1, 0.15) is 40.0 Å². The molecule has 1 aliphatic rings. The van der Waals surface area contributed by atoms with Crippen molar-refractivity contribution >= 4 is 17.7 Å². The molecule has 2 atom stereocenters. The predicted molar refractivity (Wildman–Crippen MR) is 68.8 cm³/mol. The lowest BCUT2D eigenvalue weighted by Gasteiger charge is -2.20. The molecule has 0 spiro atoms. The first-order valence-corrected chi connectivity index (χ1v) is 7.15. The molecule has 3 nitrogen and oxygen atoms in total. The summed E-state index contributed by atoms with van der Waals surface area (Å²) < 4.78 is 5.44. The number of hydrogen-bond donors (Lipinski definition) is 1. The highest BCUT2D eigenvalue weighted by Crippen LogP contribution is 2.28. The van der Waals surface area contributed by atoms with Gasteiger partial charge in [0, 0.05) is 11.3 Å². The van der Waals surface area contributed by atoms with Crippen molar-refractivity contribution in [3.05, 3.63) is 0 Å². The average Bonchev–Trinajstić information content (AvgIpc) is 2.61. The molecular formula is C12H23NO2S. The van der Waals surface area contributed by atoms with E-state index in [9.17, 15) is 4.79 Å². The molecule has 1 rings (SSSR count). The second kappa shape index (κ2) is 5.92. The average molecular weight is 245 g/mol. The fourth-order valence-electron chi connectivity index (χ4n) is 1.84. The second-order valence-electron chi connectivity index (χ2n) is 5.34. The molecule has 1 amide bonds. The lowest BCUT2D eigenvalue weighted by Crippen LogP contribution is -2.37. The summed E-state index contributed by atoms with van der Waals surface area (Å²) in [4.78, 5) is 11.6. The van der Waals surface area contributed by atoms with Crippen molar-refractivity contribution in [2.75, 3.05) is 12.9 Å². The van der Waals surface area contributed by atoms with E-state index >= 15 is 0 Å². The van der Waals surface area contributed by atoms with Crippen LogP contribution in [0.4, 0.5) is 0 Å². The van der Waals surface area contributed by atoms with Crippen molar-refractivity contribution in [1.82, 2.24) is 5.32 Å². The van der Waals surface area contributed by atoms with Crippen LogP contribution >= 0.6 is 11.8 Å². The number of carbonyl (C=O) groups excluding carboxylic acids is 1. The molecule has 0 aromatic carbocycles. The lowest BCUT2D eigenvalue weighted by molar-refractivity contribution is -0.131. The predicted octanol–water partition coefficient (Wildman–Crippen LogP) is 2.20. The van der Waals surface area contributed by atoms with Gasteiger partial charge in [0.2, 0.25) is 5.91 Å². The molecule has 0 saturated heterocycles. The monoisotopic (exact) mass is 245 g/mol. The lowest BCUT2D eigenvalue weighted by atomic mass is 10.2. The van der Waals surface area contributed by atoms with E-state index in [0.717, 1.165) is 12.8 Å². The molecule has 0 aromatic heterocycles. The third kappa shape index (κ3) is 5.21. The van der Waals surface area contributed by atoms with E-state index in [2.05, 4.69) is 11.6 Å². The molecule has 2 unspecified atom stereocenters. The summed E-state index contributed by atoms with van der Waals surface area (Å²) in [6.07, 6.45) is 5.55. The molecular weight excluding hydrogens is 222 g/mol. The van der Waals surface area contributed by atoms with Gasteiger partial charge >= 0.3 is 0 Å². The Morgan fingerprint density at radius 3 is 2.62 bits per heavy atom. The molecule has 1 fully saturated rings. The quantitative estimate of drug-likeness (QED) is 0.825. The Kier molecular flexibility index (Phi) is 5.12. The standard InChI is InChI=1S/C12H23NO2S/c1-12(2,3)15-8-11(14)13-9-5-6-10(7-9)16-4/h9-10H,5-8H2,1-4H3,(H,13,14). The van der Waals surface area contributed by atoms with Gasteiger partial charge in [-0.25, -0.2) is 0 Å².